The minimum absolute atomic E-state index is 0. The molecule has 0 atom stereocenters. The Kier molecular flexibility index (Phi) is 6.33. The Labute approximate surface area is 183 Å². The summed E-state index contributed by atoms with van der Waals surface area (Å²) < 4.78 is 12.2. The normalized spacial score (nSPS) is 10.4. The Morgan fingerprint density at radius 1 is 0.903 bits per heavy atom. The van der Waals surface area contributed by atoms with Crippen molar-refractivity contribution in [1.82, 2.24) is 4.98 Å². The molecule has 31 heavy (non-hydrogen) atoms. The van der Waals surface area contributed by atoms with Crippen LogP contribution >= 0.6 is 11.3 Å². The molecule has 5 aromatic rings. The summed E-state index contributed by atoms with van der Waals surface area (Å²) in [6, 6.07) is 19.7. The number of ether oxygens (including phenoxy) is 1. The zero-order valence-electron chi connectivity index (χ0n) is 16.3. The standard InChI is InChI=1S/C23H16N2O2S.BH2O2/c24-23-21-20(14-28-22(21)19(12-25-23)16-10-11-26-13-16)15-6-8-18(9-7-15)27-17-4-2-1-3-5-17;2-1-3/h1-14H,(H2,24,25);2-3H. The summed E-state index contributed by atoms with van der Waals surface area (Å²) in [5, 5.41) is 17.1. The molecule has 1 radical (unpaired) electrons. The zero-order valence-corrected chi connectivity index (χ0v) is 17.1. The molecule has 153 valence electrons. The summed E-state index contributed by atoms with van der Waals surface area (Å²) in [5.74, 6) is 2.14. The van der Waals surface area contributed by atoms with Gasteiger partial charge in [-0.15, -0.1) is 11.3 Å². The number of nitrogens with zero attached hydrogens (tertiary/aromatic N) is 1. The van der Waals surface area contributed by atoms with Crippen LogP contribution in [0, 0.1) is 0 Å². The van der Waals surface area contributed by atoms with Gasteiger partial charge in [0.2, 0.25) is 0 Å². The van der Waals surface area contributed by atoms with Crippen LogP contribution in [0.5, 0.6) is 11.5 Å². The highest BCUT2D eigenvalue weighted by Crippen LogP contribution is 2.42. The van der Waals surface area contributed by atoms with E-state index in [2.05, 4.69) is 10.4 Å². The number of hydrogen-bond acceptors (Lipinski definition) is 7. The van der Waals surface area contributed by atoms with Crippen LogP contribution in [0.2, 0.25) is 0 Å². The number of furan rings is 1. The van der Waals surface area contributed by atoms with Crippen molar-refractivity contribution in [3.63, 3.8) is 0 Å². The van der Waals surface area contributed by atoms with Gasteiger partial charge in [0.25, 0.3) is 0 Å². The molecule has 4 N–H and O–H groups in total. The molecule has 8 heteroatoms. The topological polar surface area (TPSA) is 102 Å². The number of pyridine rings is 1. The Morgan fingerprint density at radius 2 is 1.61 bits per heavy atom. The molecule has 0 spiro atoms. The molecule has 0 aliphatic rings. The number of rotatable bonds is 4. The number of para-hydroxylation sites is 1. The predicted octanol–water partition coefficient (Wildman–Crippen LogP) is 5.10. The van der Waals surface area contributed by atoms with Crippen molar-refractivity contribution < 1.29 is 19.2 Å². The minimum Gasteiger partial charge on any atom is -0.472 e. The highest BCUT2D eigenvalue weighted by Gasteiger charge is 2.15. The lowest BCUT2D eigenvalue weighted by Gasteiger charge is -2.08. The lowest BCUT2D eigenvalue weighted by atomic mass is 10.0. The number of benzene rings is 2. The van der Waals surface area contributed by atoms with Gasteiger partial charge >= 0.3 is 7.69 Å². The maximum atomic E-state index is 7.00. The first-order chi connectivity index (χ1) is 15.2. The molecule has 0 saturated heterocycles. The molecule has 6 nitrogen and oxygen atoms in total. The molecule has 3 heterocycles. The van der Waals surface area contributed by atoms with Crippen LogP contribution in [0.4, 0.5) is 5.82 Å². The summed E-state index contributed by atoms with van der Waals surface area (Å²) >= 11 is 1.66. The SMILES string of the molecule is Nc1ncc(-c2ccoc2)c2scc(-c3ccc(Oc4ccccc4)cc3)c12.O[B]O. The summed E-state index contributed by atoms with van der Waals surface area (Å²) in [6.45, 7) is 0. The molecule has 5 rings (SSSR count). The van der Waals surface area contributed by atoms with Crippen molar-refractivity contribution in [2.24, 2.45) is 0 Å². The fourth-order valence-corrected chi connectivity index (χ4v) is 4.35. The van der Waals surface area contributed by atoms with Crippen LogP contribution in [0.25, 0.3) is 32.3 Å². The van der Waals surface area contributed by atoms with Gasteiger partial charge in [-0.2, -0.15) is 0 Å². The largest absolute Gasteiger partial charge is 0.482 e. The van der Waals surface area contributed by atoms with Gasteiger partial charge in [0.1, 0.15) is 17.3 Å². The van der Waals surface area contributed by atoms with E-state index in [1.165, 1.54) is 0 Å². The van der Waals surface area contributed by atoms with Gasteiger partial charge in [-0.3, -0.25) is 0 Å². The third-order valence-electron chi connectivity index (χ3n) is 4.60. The number of nitrogens with two attached hydrogens (primary N) is 1. The van der Waals surface area contributed by atoms with E-state index in [9.17, 15) is 0 Å². The second-order valence-corrected chi connectivity index (χ2v) is 7.36. The van der Waals surface area contributed by atoms with Gasteiger partial charge in [-0.25, -0.2) is 4.98 Å². The Morgan fingerprint density at radius 3 is 2.29 bits per heavy atom. The molecular weight excluding hydrogens is 411 g/mol. The number of aromatic nitrogens is 1. The number of anilines is 1. The first-order valence-electron chi connectivity index (χ1n) is 9.33. The summed E-state index contributed by atoms with van der Waals surface area (Å²) in [5.41, 5.74) is 10.4. The van der Waals surface area contributed by atoms with E-state index in [-0.39, 0.29) is 7.69 Å². The third-order valence-corrected chi connectivity index (χ3v) is 5.61. The fourth-order valence-electron chi connectivity index (χ4n) is 3.23. The van der Waals surface area contributed by atoms with E-state index in [4.69, 9.17) is 24.9 Å². The van der Waals surface area contributed by atoms with Gasteiger partial charge in [0.15, 0.2) is 0 Å². The second kappa shape index (κ2) is 9.48. The fraction of sp³-hybridized carbons (Fsp3) is 0. The van der Waals surface area contributed by atoms with Crippen LogP contribution in [0.15, 0.2) is 89.2 Å². The average Bonchev–Trinajstić information content (AvgIpc) is 3.47. The molecule has 2 aromatic carbocycles. The van der Waals surface area contributed by atoms with Crippen molar-refractivity contribution in [1.29, 1.82) is 0 Å². The van der Waals surface area contributed by atoms with E-state index in [0.717, 1.165) is 43.8 Å². The Hall–Kier alpha value is -3.59. The molecule has 0 aliphatic heterocycles. The van der Waals surface area contributed by atoms with Crippen LogP contribution in [-0.4, -0.2) is 22.7 Å². The lowest BCUT2D eigenvalue weighted by Crippen LogP contribution is -1.92. The highest BCUT2D eigenvalue weighted by molar-refractivity contribution is 7.18. The smallest absolute Gasteiger partial charge is 0.472 e. The maximum Gasteiger partial charge on any atom is 0.482 e. The molecule has 0 aliphatic carbocycles. The molecule has 0 amide bonds. The van der Waals surface area contributed by atoms with Gasteiger partial charge < -0.3 is 24.9 Å². The first-order valence-corrected chi connectivity index (χ1v) is 10.2. The van der Waals surface area contributed by atoms with Gasteiger partial charge in [0, 0.05) is 33.0 Å². The van der Waals surface area contributed by atoms with Crippen molar-refractivity contribution in [3.05, 3.63) is 84.8 Å². The molecule has 0 bridgehead atoms. The van der Waals surface area contributed by atoms with Crippen LogP contribution in [0.3, 0.4) is 0 Å². The number of nitrogen functional groups attached to an aromatic ring is 1. The van der Waals surface area contributed by atoms with E-state index in [1.807, 2.05) is 60.7 Å². The van der Waals surface area contributed by atoms with E-state index in [1.54, 1.807) is 30.1 Å². The summed E-state index contributed by atoms with van der Waals surface area (Å²) in [4.78, 5) is 4.41. The van der Waals surface area contributed by atoms with E-state index >= 15 is 0 Å². The Bertz CT molecular complexity index is 1260. The zero-order chi connectivity index (χ0) is 21.6. The molecule has 3 aromatic heterocycles. The summed E-state index contributed by atoms with van der Waals surface area (Å²) in [6.07, 6.45) is 5.19. The predicted molar refractivity (Wildman–Crippen MR) is 124 cm³/mol. The van der Waals surface area contributed by atoms with Gasteiger partial charge in [0.05, 0.1) is 12.5 Å². The highest BCUT2D eigenvalue weighted by atomic mass is 32.1. The molecule has 0 fully saturated rings. The van der Waals surface area contributed by atoms with E-state index in [0.29, 0.717) is 5.82 Å². The lowest BCUT2D eigenvalue weighted by molar-refractivity contribution is 0.448. The molecule has 0 saturated carbocycles. The summed E-state index contributed by atoms with van der Waals surface area (Å²) in [7, 11) is 0. The monoisotopic (exact) mass is 429 g/mol. The second-order valence-electron chi connectivity index (χ2n) is 6.48. The van der Waals surface area contributed by atoms with Crippen LogP contribution < -0.4 is 10.5 Å². The van der Waals surface area contributed by atoms with Crippen LogP contribution in [-0.2, 0) is 0 Å². The number of fused-ring (bicyclic) bond motifs is 1. The maximum absolute atomic E-state index is 7.00. The van der Waals surface area contributed by atoms with Crippen molar-refractivity contribution >= 4 is 34.9 Å². The van der Waals surface area contributed by atoms with Gasteiger partial charge in [-0.1, -0.05) is 30.3 Å². The third kappa shape index (κ3) is 4.46. The van der Waals surface area contributed by atoms with Crippen molar-refractivity contribution in [3.8, 4) is 33.8 Å². The molecule has 0 unspecified atom stereocenters. The minimum atomic E-state index is 0. The first kappa shape index (κ1) is 20.7. The average molecular weight is 429 g/mol. The van der Waals surface area contributed by atoms with Crippen LogP contribution in [0.1, 0.15) is 0 Å². The molecular formula is C23H18BN2O4S. The van der Waals surface area contributed by atoms with Crippen molar-refractivity contribution in [2.45, 2.75) is 0 Å². The number of hydrogen-bond donors (Lipinski definition) is 3. The van der Waals surface area contributed by atoms with E-state index < -0.39 is 0 Å². The quantitative estimate of drug-likeness (QED) is 0.344. The van der Waals surface area contributed by atoms with Gasteiger partial charge in [-0.05, 0) is 41.3 Å². The number of thiophene rings is 1. The Balaban J connectivity index is 0.000000730. The van der Waals surface area contributed by atoms with Crippen molar-refractivity contribution in [2.75, 3.05) is 5.73 Å².